The van der Waals surface area contributed by atoms with Gasteiger partial charge in [0.2, 0.25) is 0 Å². The first-order chi connectivity index (χ1) is 16.0. The van der Waals surface area contributed by atoms with E-state index >= 15 is 0 Å². The normalized spacial score (nSPS) is 43.2. The van der Waals surface area contributed by atoms with Gasteiger partial charge in [0.1, 0.15) is 11.7 Å². The lowest BCUT2D eigenvalue weighted by atomic mass is 9.48. The van der Waals surface area contributed by atoms with Crippen molar-refractivity contribution in [1.29, 1.82) is 0 Å². The van der Waals surface area contributed by atoms with Crippen molar-refractivity contribution in [2.75, 3.05) is 0 Å². The van der Waals surface area contributed by atoms with E-state index in [0.29, 0.717) is 23.3 Å². The van der Waals surface area contributed by atoms with Crippen molar-refractivity contribution in [1.82, 2.24) is 0 Å². The van der Waals surface area contributed by atoms with E-state index in [2.05, 4.69) is 49.4 Å². The van der Waals surface area contributed by atoms with Gasteiger partial charge in [-0.1, -0.05) is 38.5 Å². The van der Waals surface area contributed by atoms with Crippen LogP contribution in [0.1, 0.15) is 83.0 Å². The van der Waals surface area contributed by atoms with Crippen LogP contribution in [0, 0.1) is 38.1 Å². The lowest BCUT2D eigenvalue weighted by molar-refractivity contribution is -0.156. The number of rotatable bonds is 3. The maximum Gasteiger partial charge on any atom is 0.338 e. The summed E-state index contributed by atoms with van der Waals surface area (Å²) < 4.78 is 7.02. The fourth-order valence-electron chi connectivity index (χ4n) is 8.52. The molecule has 8 atom stereocenters. The van der Waals surface area contributed by atoms with E-state index in [1.807, 2.05) is 24.3 Å². The number of halogens is 1. The highest BCUT2D eigenvalue weighted by Gasteiger charge is 2.66. The molecule has 0 aliphatic heterocycles. The predicted octanol–water partition coefficient (Wildman–Crippen LogP) is 6.35. The molecule has 1 aromatic carbocycles. The first-order valence-electron chi connectivity index (χ1n) is 12.9. The van der Waals surface area contributed by atoms with E-state index in [-0.39, 0.29) is 34.6 Å². The van der Waals surface area contributed by atoms with Crippen molar-refractivity contribution in [3.05, 3.63) is 45.0 Å². The van der Waals surface area contributed by atoms with E-state index in [4.69, 9.17) is 4.74 Å². The summed E-state index contributed by atoms with van der Waals surface area (Å²) in [5.41, 5.74) is 0.712. The zero-order valence-electron chi connectivity index (χ0n) is 20.8. The number of ether oxygens (including phenoxy) is 1. The molecule has 0 bridgehead atoms. The van der Waals surface area contributed by atoms with Crippen LogP contribution in [0.5, 0.6) is 0 Å². The van der Waals surface area contributed by atoms with Gasteiger partial charge in [0.05, 0.1) is 5.56 Å². The summed E-state index contributed by atoms with van der Waals surface area (Å²) in [5.74, 6) is 1.02. The Bertz CT molecular complexity index is 1050. The summed E-state index contributed by atoms with van der Waals surface area (Å²) >= 11 is 2.22. The van der Waals surface area contributed by atoms with Crippen LogP contribution < -0.4 is 0 Å². The minimum absolute atomic E-state index is 0.00512. The Hall–Kier alpha value is -1.21. The Balaban J connectivity index is 1.35. The molecule has 0 aromatic heterocycles. The highest BCUT2D eigenvalue weighted by atomic mass is 127. The second-order valence-electron chi connectivity index (χ2n) is 12.0. The van der Waals surface area contributed by atoms with Gasteiger partial charge in [-0.2, -0.15) is 0 Å². The lowest BCUT2D eigenvalue weighted by Crippen LogP contribution is -2.56. The van der Waals surface area contributed by atoms with Crippen LogP contribution in [0.4, 0.5) is 0 Å². The van der Waals surface area contributed by atoms with Gasteiger partial charge < -0.3 is 9.84 Å². The largest absolute Gasteiger partial charge is 0.459 e. The first-order valence-corrected chi connectivity index (χ1v) is 14.0. The second-order valence-corrected chi connectivity index (χ2v) is 13.2. The summed E-state index contributed by atoms with van der Waals surface area (Å²) in [5, 5.41) is 11.6. The van der Waals surface area contributed by atoms with Crippen LogP contribution in [-0.2, 0) is 9.53 Å². The third-order valence-corrected chi connectivity index (χ3v) is 11.1. The Morgan fingerprint density at radius 2 is 1.91 bits per heavy atom. The fraction of sp³-hybridized carbons (Fsp3) is 0.655. The fourth-order valence-corrected chi connectivity index (χ4v) is 9.07. The summed E-state index contributed by atoms with van der Waals surface area (Å²) in [6, 6.07) is 7.60. The number of fused-ring (bicyclic) bond motifs is 5. The van der Waals surface area contributed by atoms with Gasteiger partial charge in [0.15, 0.2) is 5.78 Å². The van der Waals surface area contributed by atoms with Gasteiger partial charge in [-0.05, 0) is 122 Å². The van der Waals surface area contributed by atoms with E-state index in [9.17, 15) is 14.7 Å². The lowest BCUT2D eigenvalue weighted by Gasteiger charge is -2.57. The Morgan fingerprint density at radius 3 is 2.62 bits per heavy atom. The van der Waals surface area contributed by atoms with Crippen LogP contribution in [-0.4, -0.2) is 28.6 Å². The van der Waals surface area contributed by atoms with E-state index in [1.54, 1.807) is 12.5 Å². The molecular formula is C29H37IO4. The predicted molar refractivity (Wildman–Crippen MR) is 140 cm³/mol. The van der Waals surface area contributed by atoms with Crippen LogP contribution in [0.15, 0.2) is 35.9 Å². The zero-order chi connectivity index (χ0) is 24.5. The van der Waals surface area contributed by atoms with Crippen LogP contribution in [0.3, 0.4) is 0 Å². The first kappa shape index (κ1) is 24.5. The third kappa shape index (κ3) is 3.47. The van der Waals surface area contributed by atoms with Crippen molar-refractivity contribution in [3.8, 4) is 0 Å². The molecule has 4 aliphatic carbocycles. The van der Waals surface area contributed by atoms with Crippen LogP contribution in [0.25, 0.3) is 0 Å². The molecule has 0 heterocycles. The Morgan fingerprint density at radius 1 is 1.15 bits per heavy atom. The third-order valence-electron chi connectivity index (χ3n) is 10.4. The minimum atomic E-state index is -1.22. The highest BCUT2D eigenvalue weighted by Crippen LogP contribution is 2.67. The van der Waals surface area contributed by atoms with Gasteiger partial charge in [0.25, 0.3) is 0 Å². The summed E-state index contributed by atoms with van der Waals surface area (Å²) in [6.45, 7) is 8.21. The monoisotopic (exact) mass is 576 g/mol. The van der Waals surface area contributed by atoms with E-state index in [1.165, 1.54) is 0 Å². The smallest absolute Gasteiger partial charge is 0.338 e. The van der Waals surface area contributed by atoms with Crippen molar-refractivity contribution < 1.29 is 19.4 Å². The van der Waals surface area contributed by atoms with Crippen molar-refractivity contribution in [2.45, 2.75) is 84.3 Å². The minimum Gasteiger partial charge on any atom is -0.459 e. The summed E-state index contributed by atoms with van der Waals surface area (Å²) in [6.07, 6.45) is 9.14. The molecule has 0 amide bonds. The van der Waals surface area contributed by atoms with Gasteiger partial charge in [-0.25, -0.2) is 4.79 Å². The number of esters is 1. The molecule has 1 aromatic rings. The van der Waals surface area contributed by atoms with E-state index in [0.717, 1.165) is 48.5 Å². The quantitative estimate of drug-likeness (QED) is 0.259. The summed E-state index contributed by atoms with van der Waals surface area (Å²) in [7, 11) is 0. The molecule has 184 valence electrons. The van der Waals surface area contributed by atoms with Crippen LogP contribution in [0.2, 0.25) is 0 Å². The Kier molecular flexibility index (Phi) is 6.07. The number of hydrogen-bond donors (Lipinski definition) is 1. The molecular weight excluding hydrogens is 539 g/mol. The molecule has 5 heteroatoms. The molecule has 0 unspecified atom stereocenters. The molecule has 0 radical (unpaired) electrons. The zero-order valence-corrected chi connectivity index (χ0v) is 22.9. The number of ketones is 1. The molecule has 4 aliphatic rings. The molecule has 1 N–H and O–H groups in total. The average molecular weight is 577 g/mol. The molecule has 4 nitrogen and oxygen atoms in total. The summed E-state index contributed by atoms with van der Waals surface area (Å²) in [4.78, 5) is 25.4. The molecule has 0 spiro atoms. The maximum absolute atomic E-state index is 12.8. The van der Waals surface area contributed by atoms with Gasteiger partial charge in [0, 0.05) is 8.99 Å². The molecule has 3 fully saturated rings. The molecule has 0 saturated heterocycles. The SMILES string of the molecule is CC(=O)[C@@]1(O)[C@@H](C)C[C@@H]2[C@H]3CC[C@@H]4C[C@H](OC(=O)c5cccc(I)c5)CC[C@]4(C)C3=CC[C@@]21C. The molecule has 3 saturated carbocycles. The van der Waals surface area contributed by atoms with Gasteiger partial charge in [-0.15, -0.1) is 0 Å². The number of carbonyl (C=O) groups is 2. The molecule has 34 heavy (non-hydrogen) atoms. The van der Waals surface area contributed by atoms with Crippen molar-refractivity contribution >= 4 is 34.3 Å². The van der Waals surface area contributed by atoms with Gasteiger partial charge >= 0.3 is 5.97 Å². The van der Waals surface area contributed by atoms with Crippen molar-refractivity contribution in [2.24, 2.45) is 34.5 Å². The maximum atomic E-state index is 12.8. The number of allylic oxidation sites excluding steroid dienone is 2. The number of hydrogen-bond acceptors (Lipinski definition) is 4. The van der Waals surface area contributed by atoms with Gasteiger partial charge in [-0.3, -0.25) is 4.79 Å². The number of aliphatic hydroxyl groups is 1. The van der Waals surface area contributed by atoms with E-state index < -0.39 is 5.60 Å². The number of carbonyl (C=O) groups excluding carboxylic acids is 2. The standard InChI is InChI=1S/C29H37IO4/c1-17-14-25-23-9-8-20-16-22(34-26(32)19-6-5-7-21(30)15-19)10-12-27(20,3)24(23)11-13-28(25,4)29(17,33)18(2)31/h5-7,11,15,17,20,22-23,25,33H,8-10,12-14,16H2,1-4H3/t17-,20+,22+,23-,25+,27-,28-,29-/m0/s1. The highest BCUT2D eigenvalue weighted by molar-refractivity contribution is 14.1. The van der Waals surface area contributed by atoms with Crippen LogP contribution >= 0.6 is 22.6 Å². The topological polar surface area (TPSA) is 63.6 Å². The number of benzene rings is 1. The second kappa shape index (κ2) is 8.43. The average Bonchev–Trinajstić information content (AvgIpc) is 3.01. The van der Waals surface area contributed by atoms with Crippen molar-refractivity contribution in [3.63, 3.8) is 0 Å². The number of Topliss-reactive ketones (excluding diaryl/α,β-unsaturated/α-hetero) is 1. The molecule has 5 rings (SSSR count). The Labute approximate surface area is 217 Å².